The van der Waals surface area contributed by atoms with E-state index < -0.39 is 17.8 Å². The van der Waals surface area contributed by atoms with Crippen molar-refractivity contribution in [2.75, 3.05) is 23.0 Å². The summed E-state index contributed by atoms with van der Waals surface area (Å²) in [5.74, 6) is -0.733. The molecule has 0 aliphatic rings. The zero-order valence-corrected chi connectivity index (χ0v) is 28.1. The van der Waals surface area contributed by atoms with E-state index in [0.29, 0.717) is 40.4 Å². The van der Waals surface area contributed by atoms with E-state index in [1.54, 1.807) is 85.8 Å². The van der Waals surface area contributed by atoms with Gasteiger partial charge in [0.1, 0.15) is 18.1 Å². The summed E-state index contributed by atoms with van der Waals surface area (Å²) in [6.45, 7) is 2.45. The van der Waals surface area contributed by atoms with Crippen LogP contribution in [0.3, 0.4) is 0 Å². The van der Waals surface area contributed by atoms with Gasteiger partial charge in [-0.3, -0.25) is 14.4 Å². The highest BCUT2D eigenvalue weighted by Gasteiger charge is 2.16. The van der Waals surface area contributed by atoms with Gasteiger partial charge in [-0.1, -0.05) is 60.7 Å². The van der Waals surface area contributed by atoms with E-state index in [-0.39, 0.29) is 24.0 Å². The number of rotatable bonds is 14. The molecule has 0 saturated carbocycles. The minimum atomic E-state index is -0.507. The largest absolute Gasteiger partial charge is 0.489 e. The van der Waals surface area contributed by atoms with Crippen LogP contribution < -0.4 is 20.7 Å². The van der Waals surface area contributed by atoms with Crippen molar-refractivity contribution in [2.45, 2.75) is 18.4 Å². The van der Waals surface area contributed by atoms with Gasteiger partial charge in [0.2, 0.25) is 5.91 Å². The third-order valence-electron chi connectivity index (χ3n) is 7.13. The van der Waals surface area contributed by atoms with Crippen molar-refractivity contribution in [3.8, 4) is 5.75 Å². The summed E-state index contributed by atoms with van der Waals surface area (Å²) < 4.78 is 10.9. The van der Waals surface area contributed by atoms with Gasteiger partial charge in [0, 0.05) is 21.8 Å². The zero-order valence-electron chi connectivity index (χ0n) is 27.3. The molecule has 0 aromatic heterocycles. The fraction of sp³-hybridized carbons (Fsp3) is 0.100. The van der Waals surface area contributed by atoms with Gasteiger partial charge < -0.3 is 25.4 Å². The molecular weight excluding hydrogens is 651 g/mol. The minimum Gasteiger partial charge on any atom is -0.489 e. The molecule has 0 heterocycles. The number of hydrogen-bond donors (Lipinski definition) is 3. The molecule has 0 unspecified atom stereocenters. The highest BCUT2D eigenvalue weighted by molar-refractivity contribution is 8.00. The summed E-state index contributed by atoms with van der Waals surface area (Å²) in [6, 6.07) is 39.2. The maximum absolute atomic E-state index is 13.5. The van der Waals surface area contributed by atoms with Crippen molar-refractivity contribution < 1.29 is 28.7 Å². The van der Waals surface area contributed by atoms with Gasteiger partial charge in [0.15, 0.2) is 0 Å². The van der Waals surface area contributed by atoms with Crippen LogP contribution in [0.25, 0.3) is 6.08 Å². The van der Waals surface area contributed by atoms with Crippen LogP contribution in [0.5, 0.6) is 5.75 Å². The number of benzene rings is 5. The van der Waals surface area contributed by atoms with E-state index in [2.05, 4.69) is 16.0 Å². The first-order valence-electron chi connectivity index (χ1n) is 15.8. The molecular formula is C40H35N3O6S. The van der Waals surface area contributed by atoms with Crippen molar-refractivity contribution in [1.82, 2.24) is 5.32 Å². The summed E-state index contributed by atoms with van der Waals surface area (Å²) in [5.41, 5.74) is 3.69. The Kier molecular flexibility index (Phi) is 12.6. The molecule has 50 heavy (non-hydrogen) atoms. The molecule has 5 rings (SSSR count). The number of nitrogens with one attached hydrogen (secondary N) is 3. The number of carbonyl (C=O) groups excluding carboxylic acids is 4. The van der Waals surface area contributed by atoms with Crippen molar-refractivity contribution in [1.29, 1.82) is 0 Å². The van der Waals surface area contributed by atoms with Crippen LogP contribution in [-0.2, 0) is 20.9 Å². The molecule has 3 N–H and O–H groups in total. The van der Waals surface area contributed by atoms with E-state index in [4.69, 9.17) is 9.47 Å². The minimum absolute atomic E-state index is 0.0576. The lowest BCUT2D eigenvalue weighted by Gasteiger charge is -2.12. The lowest BCUT2D eigenvalue weighted by atomic mass is 10.1. The monoisotopic (exact) mass is 685 g/mol. The van der Waals surface area contributed by atoms with E-state index in [0.717, 1.165) is 10.5 Å². The van der Waals surface area contributed by atoms with Gasteiger partial charge in [-0.2, -0.15) is 0 Å². The first-order chi connectivity index (χ1) is 24.4. The van der Waals surface area contributed by atoms with Gasteiger partial charge >= 0.3 is 5.97 Å². The number of esters is 1. The maximum atomic E-state index is 13.5. The predicted octanol–water partition coefficient (Wildman–Crippen LogP) is 7.58. The molecule has 0 atom stereocenters. The van der Waals surface area contributed by atoms with E-state index in [9.17, 15) is 19.2 Å². The number of ether oxygens (including phenoxy) is 2. The number of anilines is 2. The molecule has 0 aliphatic heterocycles. The Labute approximate surface area is 294 Å². The molecule has 9 nitrogen and oxygen atoms in total. The molecule has 0 fully saturated rings. The van der Waals surface area contributed by atoms with E-state index in [1.165, 1.54) is 11.8 Å². The quantitative estimate of drug-likeness (QED) is 0.0626. The van der Waals surface area contributed by atoms with Gasteiger partial charge in [-0.15, -0.1) is 11.8 Å². The second-order valence-corrected chi connectivity index (χ2v) is 11.9. The van der Waals surface area contributed by atoms with E-state index in [1.807, 2.05) is 60.7 Å². The van der Waals surface area contributed by atoms with Crippen molar-refractivity contribution in [3.63, 3.8) is 0 Å². The van der Waals surface area contributed by atoms with Crippen LogP contribution in [0.15, 0.2) is 144 Å². The lowest BCUT2D eigenvalue weighted by Crippen LogP contribution is -2.30. The third-order valence-corrected chi connectivity index (χ3v) is 8.14. The van der Waals surface area contributed by atoms with Crippen LogP contribution >= 0.6 is 11.8 Å². The Balaban J connectivity index is 1.19. The number of hydrogen-bond acceptors (Lipinski definition) is 7. The number of thioether (sulfide) groups is 1. The Hall–Kier alpha value is -6.13. The van der Waals surface area contributed by atoms with Crippen LogP contribution in [0.2, 0.25) is 0 Å². The maximum Gasteiger partial charge on any atom is 0.338 e. The third kappa shape index (κ3) is 10.7. The summed E-state index contributed by atoms with van der Waals surface area (Å²) in [7, 11) is 0. The fourth-order valence-electron chi connectivity index (χ4n) is 4.59. The smallest absolute Gasteiger partial charge is 0.338 e. The number of amides is 3. The molecule has 10 heteroatoms. The molecule has 0 aliphatic carbocycles. The molecule has 0 bridgehead atoms. The average molecular weight is 686 g/mol. The normalized spacial score (nSPS) is 10.9. The first kappa shape index (κ1) is 35.2. The van der Waals surface area contributed by atoms with Crippen LogP contribution in [-0.4, -0.2) is 36.1 Å². The van der Waals surface area contributed by atoms with Crippen LogP contribution in [0.1, 0.15) is 38.8 Å². The van der Waals surface area contributed by atoms with Crippen LogP contribution in [0.4, 0.5) is 11.4 Å². The molecule has 3 amide bonds. The van der Waals surface area contributed by atoms with Gasteiger partial charge in [0.05, 0.1) is 17.9 Å². The van der Waals surface area contributed by atoms with Gasteiger partial charge in [0.25, 0.3) is 11.8 Å². The molecule has 252 valence electrons. The standard InChI is InChI=1S/C40H35N3O6S/c1-2-48-40(47)31-15-17-32(18-16-31)41-37(44)27-50-35-23-19-33(20-24-35)42-39(46)36(43-38(45)30-11-7-4-8-12-30)25-28-13-21-34(22-14-28)49-26-29-9-5-3-6-10-29/h3-25H,2,26-27H2,1H3,(H,41,44)(H,42,46)(H,43,45)/b36-25-. The first-order valence-corrected chi connectivity index (χ1v) is 16.8. The molecule has 0 saturated heterocycles. The Bertz CT molecular complexity index is 1930. The highest BCUT2D eigenvalue weighted by atomic mass is 32.2. The summed E-state index contributed by atoms with van der Waals surface area (Å²) in [6.07, 6.45) is 1.60. The Morgan fingerprint density at radius 1 is 0.680 bits per heavy atom. The second-order valence-electron chi connectivity index (χ2n) is 10.8. The molecule has 5 aromatic carbocycles. The summed E-state index contributed by atoms with van der Waals surface area (Å²) in [4.78, 5) is 51.7. The Morgan fingerprint density at radius 3 is 1.96 bits per heavy atom. The van der Waals surface area contributed by atoms with Gasteiger partial charge in [-0.25, -0.2) is 4.79 Å². The second kappa shape index (κ2) is 17.9. The fourth-order valence-corrected chi connectivity index (χ4v) is 5.29. The molecule has 0 radical (unpaired) electrons. The number of carbonyl (C=O) groups is 4. The average Bonchev–Trinajstić information content (AvgIpc) is 3.15. The summed E-state index contributed by atoms with van der Waals surface area (Å²) >= 11 is 1.33. The lowest BCUT2D eigenvalue weighted by molar-refractivity contribution is -0.114. The molecule has 5 aromatic rings. The highest BCUT2D eigenvalue weighted by Crippen LogP contribution is 2.22. The van der Waals surface area contributed by atoms with E-state index >= 15 is 0 Å². The summed E-state index contributed by atoms with van der Waals surface area (Å²) in [5, 5.41) is 8.40. The van der Waals surface area contributed by atoms with Crippen molar-refractivity contribution in [3.05, 3.63) is 161 Å². The van der Waals surface area contributed by atoms with Crippen molar-refractivity contribution >= 4 is 52.9 Å². The van der Waals surface area contributed by atoms with Gasteiger partial charge in [-0.05, 0) is 96.9 Å². The topological polar surface area (TPSA) is 123 Å². The Morgan fingerprint density at radius 2 is 1.30 bits per heavy atom. The zero-order chi connectivity index (χ0) is 35.1. The van der Waals surface area contributed by atoms with Crippen LogP contribution in [0, 0.1) is 0 Å². The SMILES string of the molecule is CCOC(=O)c1ccc(NC(=O)CSc2ccc(NC(=O)/C(=C/c3ccc(OCc4ccccc4)cc3)NC(=O)c3ccccc3)cc2)cc1. The van der Waals surface area contributed by atoms with Crippen molar-refractivity contribution in [2.24, 2.45) is 0 Å². The molecule has 0 spiro atoms. The predicted molar refractivity (Wildman–Crippen MR) is 196 cm³/mol.